The number of hydrogen-bond acceptors (Lipinski definition) is 2. The molecule has 3 nitrogen and oxygen atoms in total. The fraction of sp³-hybridized carbons (Fsp3) is 0.533. The van der Waals surface area contributed by atoms with Crippen LogP contribution in [0.1, 0.15) is 43.0 Å². The third kappa shape index (κ3) is 3.79. The zero-order valence-electron chi connectivity index (χ0n) is 11.5. The highest BCUT2D eigenvalue weighted by atomic mass is 79.9. The number of amides is 1. The minimum absolute atomic E-state index is 0.207. The van der Waals surface area contributed by atoms with Crippen molar-refractivity contribution < 1.29 is 14.3 Å². The molecule has 2 atom stereocenters. The molecule has 0 radical (unpaired) electrons. The quantitative estimate of drug-likeness (QED) is 0.884. The van der Waals surface area contributed by atoms with E-state index in [0.29, 0.717) is 23.2 Å². The maximum absolute atomic E-state index is 13.2. The minimum atomic E-state index is -0.840. The van der Waals surface area contributed by atoms with Gasteiger partial charge in [-0.15, -0.1) is 0 Å². The summed E-state index contributed by atoms with van der Waals surface area (Å²) in [7, 11) is 0. The average molecular weight is 344 g/mol. The van der Waals surface area contributed by atoms with Gasteiger partial charge in [-0.2, -0.15) is 0 Å². The summed E-state index contributed by atoms with van der Waals surface area (Å²) in [5.74, 6) is -0.363. The van der Waals surface area contributed by atoms with E-state index >= 15 is 0 Å². The Balaban J connectivity index is 1.99. The molecule has 1 aliphatic rings. The lowest BCUT2D eigenvalue weighted by Gasteiger charge is -2.35. The summed E-state index contributed by atoms with van der Waals surface area (Å²) in [4.78, 5) is 12.1. The first-order valence-corrected chi connectivity index (χ1v) is 7.64. The molecule has 2 unspecified atom stereocenters. The van der Waals surface area contributed by atoms with Crippen LogP contribution in [0.4, 0.5) is 4.39 Å². The highest BCUT2D eigenvalue weighted by molar-refractivity contribution is 9.10. The van der Waals surface area contributed by atoms with Crippen LogP contribution in [-0.4, -0.2) is 23.2 Å². The van der Waals surface area contributed by atoms with Crippen molar-refractivity contribution in [3.8, 4) is 0 Å². The largest absolute Gasteiger partial charge is 0.388 e. The van der Waals surface area contributed by atoms with E-state index in [1.807, 2.05) is 0 Å². The number of rotatable bonds is 3. The summed E-state index contributed by atoms with van der Waals surface area (Å²) in [6.45, 7) is 2.31. The van der Waals surface area contributed by atoms with Gasteiger partial charge < -0.3 is 10.4 Å². The normalized spacial score (nSPS) is 26.3. The topological polar surface area (TPSA) is 49.3 Å². The van der Waals surface area contributed by atoms with Crippen LogP contribution in [0.3, 0.4) is 0 Å². The number of hydrogen-bond donors (Lipinski definition) is 2. The molecule has 2 rings (SSSR count). The van der Waals surface area contributed by atoms with Crippen LogP contribution in [0.2, 0.25) is 0 Å². The van der Waals surface area contributed by atoms with Gasteiger partial charge in [0.25, 0.3) is 5.91 Å². The number of nitrogens with one attached hydrogen (secondary N) is 1. The molecule has 0 heterocycles. The third-order valence-corrected chi connectivity index (χ3v) is 4.51. The van der Waals surface area contributed by atoms with E-state index in [-0.39, 0.29) is 18.0 Å². The highest BCUT2D eigenvalue weighted by Crippen LogP contribution is 2.31. The van der Waals surface area contributed by atoms with E-state index in [1.165, 1.54) is 18.2 Å². The lowest BCUT2D eigenvalue weighted by molar-refractivity contribution is -0.0109. The summed E-state index contributed by atoms with van der Waals surface area (Å²) in [6.07, 6.45) is 3.47. The van der Waals surface area contributed by atoms with Gasteiger partial charge in [0.2, 0.25) is 0 Å². The summed E-state index contributed by atoms with van der Waals surface area (Å²) in [5, 5.41) is 13.2. The summed E-state index contributed by atoms with van der Waals surface area (Å²) in [5.41, 5.74) is -0.593. The van der Waals surface area contributed by atoms with E-state index in [2.05, 4.69) is 28.2 Å². The molecular weight excluding hydrogens is 325 g/mol. The van der Waals surface area contributed by atoms with E-state index in [4.69, 9.17) is 0 Å². The summed E-state index contributed by atoms with van der Waals surface area (Å²) >= 11 is 3.23. The van der Waals surface area contributed by atoms with Gasteiger partial charge in [-0.25, -0.2) is 4.39 Å². The molecule has 1 aromatic carbocycles. The molecule has 5 heteroatoms. The average Bonchev–Trinajstić information content (AvgIpc) is 2.39. The molecule has 0 aromatic heterocycles. The van der Waals surface area contributed by atoms with Crippen LogP contribution in [-0.2, 0) is 0 Å². The van der Waals surface area contributed by atoms with Gasteiger partial charge in [-0.05, 0) is 52.9 Å². The molecule has 0 spiro atoms. The minimum Gasteiger partial charge on any atom is -0.388 e. The van der Waals surface area contributed by atoms with E-state index in [9.17, 15) is 14.3 Å². The highest BCUT2D eigenvalue weighted by Gasteiger charge is 2.33. The van der Waals surface area contributed by atoms with Crippen LogP contribution >= 0.6 is 15.9 Å². The lowest BCUT2D eigenvalue weighted by Crippen LogP contribution is -2.45. The molecule has 20 heavy (non-hydrogen) atoms. The van der Waals surface area contributed by atoms with Crippen molar-refractivity contribution in [3.63, 3.8) is 0 Å². The van der Waals surface area contributed by atoms with Crippen LogP contribution in [0.25, 0.3) is 0 Å². The molecule has 0 saturated heterocycles. The molecule has 0 aliphatic heterocycles. The van der Waals surface area contributed by atoms with Crippen molar-refractivity contribution in [2.45, 2.75) is 38.2 Å². The third-order valence-electron chi connectivity index (χ3n) is 3.82. The van der Waals surface area contributed by atoms with Gasteiger partial charge >= 0.3 is 0 Å². The first-order chi connectivity index (χ1) is 9.39. The molecule has 0 bridgehead atoms. The van der Waals surface area contributed by atoms with Gasteiger partial charge in [0.15, 0.2) is 0 Å². The number of aliphatic hydroxyl groups is 1. The first kappa shape index (κ1) is 15.4. The fourth-order valence-corrected chi connectivity index (χ4v) is 3.23. The summed E-state index contributed by atoms with van der Waals surface area (Å²) < 4.78 is 13.7. The monoisotopic (exact) mass is 343 g/mol. The Labute approximate surface area is 126 Å². The number of carbonyl (C=O) groups excluding carboxylic acids is 1. The Bertz CT molecular complexity index is 509. The van der Waals surface area contributed by atoms with Crippen LogP contribution < -0.4 is 5.32 Å². The molecule has 1 amide bonds. The molecular formula is C15H19BrFNO2. The number of carbonyl (C=O) groups is 1. The second-order valence-electron chi connectivity index (χ2n) is 5.73. The smallest absolute Gasteiger partial charge is 0.252 e. The molecule has 1 aromatic rings. The standard InChI is InChI=1S/C15H19BrFNO2/c1-10-3-2-6-15(20,8-10)9-18-14(19)12-7-11(17)4-5-13(12)16/h4-5,7,10,20H,2-3,6,8-9H2,1H3,(H,18,19). The zero-order chi connectivity index (χ0) is 14.8. The van der Waals surface area contributed by atoms with Gasteiger partial charge in [-0.3, -0.25) is 4.79 Å². The fourth-order valence-electron chi connectivity index (χ4n) is 2.80. The van der Waals surface area contributed by atoms with Crippen LogP contribution in [0.5, 0.6) is 0 Å². The Morgan fingerprint density at radius 3 is 3.05 bits per heavy atom. The van der Waals surface area contributed by atoms with Crippen molar-refractivity contribution in [2.75, 3.05) is 6.54 Å². The number of benzene rings is 1. The van der Waals surface area contributed by atoms with Crippen molar-refractivity contribution in [1.82, 2.24) is 5.32 Å². The van der Waals surface area contributed by atoms with E-state index < -0.39 is 11.4 Å². The SMILES string of the molecule is CC1CCCC(O)(CNC(=O)c2cc(F)ccc2Br)C1. The maximum Gasteiger partial charge on any atom is 0.252 e. The Kier molecular flexibility index (Phi) is 4.81. The van der Waals surface area contributed by atoms with Gasteiger partial charge in [0.05, 0.1) is 11.2 Å². The van der Waals surface area contributed by atoms with Crippen molar-refractivity contribution in [1.29, 1.82) is 0 Å². The van der Waals surface area contributed by atoms with Crippen molar-refractivity contribution in [2.24, 2.45) is 5.92 Å². The van der Waals surface area contributed by atoms with Gasteiger partial charge in [-0.1, -0.05) is 19.8 Å². The predicted molar refractivity (Wildman–Crippen MR) is 79.0 cm³/mol. The Hall–Kier alpha value is -0.940. The zero-order valence-corrected chi connectivity index (χ0v) is 13.0. The van der Waals surface area contributed by atoms with Gasteiger partial charge in [0.1, 0.15) is 5.82 Å². The van der Waals surface area contributed by atoms with E-state index in [1.54, 1.807) is 0 Å². The van der Waals surface area contributed by atoms with Crippen LogP contribution in [0.15, 0.2) is 22.7 Å². The van der Waals surface area contributed by atoms with Crippen molar-refractivity contribution >= 4 is 21.8 Å². The van der Waals surface area contributed by atoms with E-state index in [0.717, 1.165) is 12.8 Å². The molecule has 1 saturated carbocycles. The number of halogens is 2. The molecule has 1 fully saturated rings. The maximum atomic E-state index is 13.2. The lowest BCUT2D eigenvalue weighted by atomic mass is 9.79. The second-order valence-corrected chi connectivity index (χ2v) is 6.59. The molecule has 110 valence electrons. The Morgan fingerprint density at radius 1 is 1.60 bits per heavy atom. The second kappa shape index (κ2) is 6.22. The Morgan fingerprint density at radius 2 is 2.35 bits per heavy atom. The predicted octanol–water partition coefficient (Wildman–Crippen LogP) is 3.26. The first-order valence-electron chi connectivity index (χ1n) is 6.85. The van der Waals surface area contributed by atoms with Gasteiger partial charge in [0, 0.05) is 11.0 Å². The van der Waals surface area contributed by atoms with Crippen molar-refractivity contribution in [3.05, 3.63) is 34.1 Å². The molecule has 1 aliphatic carbocycles. The summed E-state index contributed by atoms with van der Waals surface area (Å²) in [6, 6.07) is 3.98. The van der Waals surface area contributed by atoms with Crippen LogP contribution in [0, 0.1) is 11.7 Å². The molecule has 2 N–H and O–H groups in total.